The van der Waals surface area contributed by atoms with Crippen LogP contribution in [0.4, 0.5) is 8.78 Å². The third kappa shape index (κ3) is 5.15. The van der Waals surface area contributed by atoms with Crippen molar-refractivity contribution >= 4 is 0 Å². The summed E-state index contributed by atoms with van der Waals surface area (Å²) in [6.07, 6.45) is 0.772. The van der Waals surface area contributed by atoms with Gasteiger partial charge in [-0.05, 0) is 31.5 Å². The molecule has 0 aliphatic rings. The van der Waals surface area contributed by atoms with Gasteiger partial charge in [-0.2, -0.15) is 8.78 Å². The lowest BCUT2D eigenvalue weighted by Crippen LogP contribution is -2.19. The lowest BCUT2D eigenvalue weighted by atomic mass is 10.1. The molecule has 4 heteroatoms. The summed E-state index contributed by atoms with van der Waals surface area (Å²) in [5.41, 5.74) is 0.914. The fourth-order valence-electron chi connectivity index (χ4n) is 1.55. The number of benzene rings is 1. The molecule has 1 unspecified atom stereocenters. The number of rotatable bonds is 6. The van der Waals surface area contributed by atoms with Crippen molar-refractivity contribution in [1.82, 2.24) is 5.32 Å². The van der Waals surface area contributed by atoms with E-state index in [1.54, 1.807) is 19.1 Å². The first-order chi connectivity index (χ1) is 8.63. The fourth-order valence-corrected chi connectivity index (χ4v) is 1.55. The van der Waals surface area contributed by atoms with Crippen molar-refractivity contribution in [2.45, 2.75) is 32.9 Å². The molecule has 18 heavy (non-hydrogen) atoms. The van der Waals surface area contributed by atoms with Crippen LogP contribution in [0.5, 0.6) is 5.75 Å². The minimum Gasteiger partial charge on any atom is -0.435 e. The first-order valence-corrected chi connectivity index (χ1v) is 5.81. The molecule has 1 N–H and O–H groups in total. The Hall–Kier alpha value is -1.60. The minimum absolute atomic E-state index is 0.0740. The van der Waals surface area contributed by atoms with Crippen LogP contribution >= 0.6 is 0 Å². The van der Waals surface area contributed by atoms with Gasteiger partial charge in [-0.1, -0.05) is 12.1 Å². The first-order valence-electron chi connectivity index (χ1n) is 5.81. The molecule has 1 rings (SSSR count). The number of halogens is 2. The second kappa shape index (κ2) is 7.67. The Balaban J connectivity index is 2.55. The number of hydrogen-bond acceptors (Lipinski definition) is 2. The molecule has 0 bridgehead atoms. The lowest BCUT2D eigenvalue weighted by molar-refractivity contribution is -0.0499. The van der Waals surface area contributed by atoms with Crippen LogP contribution < -0.4 is 10.1 Å². The van der Waals surface area contributed by atoms with Crippen molar-refractivity contribution in [1.29, 1.82) is 0 Å². The predicted molar refractivity (Wildman–Crippen MR) is 67.6 cm³/mol. The SMILES string of the molecule is CC#CCCNC(C)c1cccc(OC(F)F)c1. The topological polar surface area (TPSA) is 21.3 Å². The van der Waals surface area contributed by atoms with Gasteiger partial charge in [0.1, 0.15) is 5.75 Å². The Morgan fingerprint density at radius 3 is 2.83 bits per heavy atom. The van der Waals surface area contributed by atoms with E-state index in [0.29, 0.717) is 0 Å². The molecule has 0 amide bonds. The van der Waals surface area contributed by atoms with Crippen molar-refractivity contribution in [3.63, 3.8) is 0 Å². The molecule has 0 heterocycles. The maximum absolute atomic E-state index is 12.1. The normalized spacial score (nSPS) is 11.8. The highest BCUT2D eigenvalue weighted by atomic mass is 19.3. The first kappa shape index (κ1) is 14.5. The molecule has 0 aliphatic heterocycles. The number of ether oxygens (including phenoxy) is 1. The highest BCUT2D eigenvalue weighted by Gasteiger charge is 2.08. The molecule has 1 atom stereocenters. The summed E-state index contributed by atoms with van der Waals surface area (Å²) in [6.45, 7) is 1.75. The van der Waals surface area contributed by atoms with E-state index >= 15 is 0 Å². The fraction of sp³-hybridized carbons (Fsp3) is 0.429. The third-order valence-corrected chi connectivity index (χ3v) is 2.46. The zero-order valence-electron chi connectivity index (χ0n) is 10.5. The van der Waals surface area contributed by atoms with Crippen molar-refractivity contribution in [2.75, 3.05) is 6.54 Å². The van der Waals surface area contributed by atoms with Crippen LogP contribution in [0.1, 0.15) is 31.9 Å². The van der Waals surface area contributed by atoms with E-state index in [0.717, 1.165) is 18.5 Å². The third-order valence-electron chi connectivity index (χ3n) is 2.46. The van der Waals surface area contributed by atoms with Crippen LogP contribution in [0.2, 0.25) is 0 Å². The highest BCUT2D eigenvalue weighted by molar-refractivity contribution is 5.30. The van der Waals surface area contributed by atoms with E-state index in [-0.39, 0.29) is 11.8 Å². The maximum Gasteiger partial charge on any atom is 0.387 e. The number of hydrogen-bond donors (Lipinski definition) is 1. The Morgan fingerprint density at radius 2 is 2.17 bits per heavy atom. The molecule has 0 aliphatic carbocycles. The maximum atomic E-state index is 12.1. The number of alkyl halides is 2. The molecule has 0 fully saturated rings. The van der Waals surface area contributed by atoms with Gasteiger partial charge in [0.2, 0.25) is 0 Å². The molecule has 1 aromatic rings. The molecule has 2 nitrogen and oxygen atoms in total. The minimum atomic E-state index is -2.79. The summed E-state index contributed by atoms with van der Waals surface area (Å²) in [5.74, 6) is 5.96. The molecule has 0 saturated heterocycles. The molecule has 98 valence electrons. The molecule has 0 aromatic heterocycles. The van der Waals surface area contributed by atoms with Crippen LogP contribution in [0.3, 0.4) is 0 Å². The standard InChI is InChI=1S/C14H17F2NO/c1-3-4-5-9-17-11(2)12-7-6-8-13(10-12)18-14(15)16/h6-8,10-11,14,17H,5,9H2,1-2H3. The van der Waals surface area contributed by atoms with Gasteiger partial charge in [0.25, 0.3) is 0 Å². The molecule has 0 radical (unpaired) electrons. The average molecular weight is 253 g/mol. The van der Waals surface area contributed by atoms with Crippen LogP contribution in [-0.4, -0.2) is 13.2 Å². The summed E-state index contributed by atoms with van der Waals surface area (Å²) < 4.78 is 28.5. The van der Waals surface area contributed by atoms with Gasteiger partial charge in [0.05, 0.1) is 0 Å². The number of nitrogens with one attached hydrogen (secondary N) is 1. The largest absolute Gasteiger partial charge is 0.435 e. The highest BCUT2D eigenvalue weighted by Crippen LogP contribution is 2.20. The van der Waals surface area contributed by atoms with Crippen LogP contribution in [0.15, 0.2) is 24.3 Å². The van der Waals surface area contributed by atoms with E-state index in [2.05, 4.69) is 21.9 Å². The Labute approximate surface area is 106 Å². The van der Waals surface area contributed by atoms with Crippen molar-refractivity contribution in [3.8, 4) is 17.6 Å². The van der Waals surface area contributed by atoms with Crippen molar-refractivity contribution in [2.24, 2.45) is 0 Å². The second-order valence-electron chi connectivity index (χ2n) is 3.80. The zero-order valence-corrected chi connectivity index (χ0v) is 10.5. The quantitative estimate of drug-likeness (QED) is 0.620. The summed E-state index contributed by atoms with van der Waals surface area (Å²) in [5, 5.41) is 3.27. The summed E-state index contributed by atoms with van der Waals surface area (Å²) in [6, 6.07) is 6.80. The van der Waals surface area contributed by atoms with E-state index in [1.165, 1.54) is 6.07 Å². The van der Waals surface area contributed by atoms with E-state index < -0.39 is 6.61 Å². The molecule has 0 spiro atoms. The molecular formula is C14H17F2NO. The van der Waals surface area contributed by atoms with Gasteiger partial charge in [-0.25, -0.2) is 0 Å². The Bertz CT molecular complexity index is 423. The smallest absolute Gasteiger partial charge is 0.387 e. The molecule has 0 saturated carbocycles. The van der Waals surface area contributed by atoms with E-state index in [4.69, 9.17) is 0 Å². The lowest BCUT2D eigenvalue weighted by Gasteiger charge is -2.14. The van der Waals surface area contributed by atoms with Crippen molar-refractivity contribution < 1.29 is 13.5 Å². The monoisotopic (exact) mass is 253 g/mol. The Morgan fingerprint density at radius 1 is 1.39 bits per heavy atom. The Kier molecular flexibility index (Phi) is 6.16. The van der Waals surface area contributed by atoms with Crippen LogP contribution in [0.25, 0.3) is 0 Å². The van der Waals surface area contributed by atoms with Crippen LogP contribution in [-0.2, 0) is 0 Å². The van der Waals surface area contributed by atoms with E-state index in [9.17, 15) is 8.78 Å². The molecule has 1 aromatic carbocycles. The summed E-state index contributed by atoms with van der Waals surface area (Å²) in [7, 11) is 0. The van der Waals surface area contributed by atoms with Crippen molar-refractivity contribution in [3.05, 3.63) is 29.8 Å². The molecular weight excluding hydrogens is 236 g/mol. The van der Waals surface area contributed by atoms with Crippen LogP contribution in [0, 0.1) is 11.8 Å². The van der Waals surface area contributed by atoms with E-state index in [1.807, 2.05) is 13.0 Å². The van der Waals surface area contributed by atoms with Gasteiger partial charge in [-0.15, -0.1) is 11.8 Å². The summed E-state index contributed by atoms with van der Waals surface area (Å²) in [4.78, 5) is 0. The van der Waals surface area contributed by atoms with Gasteiger partial charge in [0.15, 0.2) is 0 Å². The van der Waals surface area contributed by atoms with Gasteiger partial charge >= 0.3 is 6.61 Å². The van der Waals surface area contributed by atoms with Gasteiger partial charge in [0, 0.05) is 19.0 Å². The van der Waals surface area contributed by atoms with Gasteiger partial charge < -0.3 is 10.1 Å². The van der Waals surface area contributed by atoms with Gasteiger partial charge in [-0.3, -0.25) is 0 Å². The summed E-state index contributed by atoms with van der Waals surface area (Å²) >= 11 is 0. The average Bonchev–Trinajstić information content (AvgIpc) is 2.34. The zero-order chi connectivity index (χ0) is 13.4. The predicted octanol–water partition coefficient (Wildman–Crippen LogP) is 3.35. The second-order valence-corrected chi connectivity index (χ2v) is 3.80.